The molecule has 2 rings (SSSR count). The molecule has 94 valence electrons. The summed E-state index contributed by atoms with van der Waals surface area (Å²) in [5.74, 6) is 5.42. The predicted octanol–water partition coefficient (Wildman–Crippen LogP) is 3.00. The molecule has 0 heterocycles. The average Bonchev–Trinajstić information content (AvgIpc) is 2.37. The number of nitrogens with one attached hydrogen (secondary N) is 1. The van der Waals surface area contributed by atoms with E-state index in [9.17, 15) is 4.39 Å². The normalized spacial score (nSPS) is 12.4. The molecule has 1 unspecified atom stereocenters. The van der Waals surface area contributed by atoms with Gasteiger partial charge in [-0.2, -0.15) is 0 Å². The van der Waals surface area contributed by atoms with E-state index in [1.165, 1.54) is 11.6 Å². The van der Waals surface area contributed by atoms with Crippen molar-refractivity contribution in [2.24, 2.45) is 5.84 Å². The highest BCUT2D eigenvalue weighted by Crippen LogP contribution is 2.23. The third-order valence-electron chi connectivity index (χ3n) is 3.09. The number of aryl methyl sites for hydroxylation is 2. The molecule has 0 saturated heterocycles. The second-order valence-corrected chi connectivity index (χ2v) is 4.52. The Balaban J connectivity index is 2.38. The Morgan fingerprint density at radius 2 is 1.61 bits per heavy atom. The van der Waals surface area contributed by atoms with Gasteiger partial charge in [0.05, 0.1) is 6.04 Å². The molecular weight excluding hydrogens is 227 g/mol. The largest absolute Gasteiger partial charge is 0.271 e. The van der Waals surface area contributed by atoms with Gasteiger partial charge in [-0.3, -0.25) is 5.84 Å². The Morgan fingerprint density at radius 3 is 2.17 bits per heavy atom. The lowest BCUT2D eigenvalue weighted by molar-refractivity contribution is 0.607. The Bertz CT molecular complexity index is 535. The van der Waals surface area contributed by atoms with Crippen LogP contribution in [0.4, 0.5) is 4.39 Å². The molecule has 0 fully saturated rings. The number of hydrogen-bond acceptors (Lipinski definition) is 2. The van der Waals surface area contributed by atoms with Crippen LogP contribution in [-0.4, -0.2) is 0 Å². The van der Waals surface area contributed by atoms with Crippen molar-refractivity contribution in [2.75, 3.05) is 0 Å². The molecule has 0 saturated carbocycles. The molecule has 18 heavy (non-hydrogen) atoms. The molecule has 2 aromatic rings. The fraction of sp³-hybridized carbons (Fsp3) is 0.200. The van der Waals surface area contributed by atoms with E-state index in [0.717, 1.165) is 11.1 Å². The molecule has 0 amide bonds. The summed E-state index contributed by atoms with van der Waals surface area (Å²) < 4.78 is 13.3. The maximum atomic E-state index is 13.3. The minimum absolute atomic E-state index is 0.120. The third-order valence-corrected chi connectivity index (χ3v) is 3.09. The average molecular weight is 244 g/mol. The van der Waals surface area contributed by atoms with Gasteiger partial charge in [0.25, 0.3) is 0 Å². The van der Waals surface area contributed by atoms with Crippen molar-refractivity contribution < 1.29 is 4.39 Å². The molecule has 2 nitrogen and oxygen atoms in total. The zero-order valence-corrected chi connectivity index (χ0v) is 10.6. The summed E-state index contributed by atoms with van der Waals surface area (Å²) in [5, 5.41) is 0. The van der Waals surface area contributed by atoms with E-state index >= 15 is 0 Å². The number of benzene rings is 2. The van der Waals surface area contributed by atoms with Crippen molar-refractivity contribution in [1.82, 2.24) is 5.43 Å². The lowest BCUT2D eigenvalue weighted by Gasteiger charge is -2.17. The molecule has 1 atom stereocenters. The molecule has 0 radical (unpaired) electrons. The second kappa shape index (κ2) is 5.29. The van der Waals surface area contributed by atoms with Crippen LogP contribution in [0.3, 0.4) is 0 Å². The molecule has 0 spiro atoms. The summed E-state index contributed by atoms with van der Waals surface area (Å²) in [6.07, 6.45) is 0. The van der Waals surface area contributed by atoms with Crippen molar-refractivity contribution in [3.8, 4) is 0 Å². The first-order valence-electron chi connectivity index (χ1n) is 5.90. The molecule has 3 heteroatoms. The number of rotatable bonds is 3. The zero-order valence-electron chi connectivity index (χ0n) is 10.6. The van der Waals surface area contributed by atoms with E-state index in [-0.39, 0.29) is 11.9 Å². The van der Waals surface area contributed by atoms with E-state index in [0.29, 0.717) is 5.56 Å². The van der Waals surface area contributed by atoms with Crippen LogP contribution in [0.15, 0.2) is 42.5 Å². The minimum atomic E-state index is -0.196. The van der Waals surface area contributed by atoms with Crippen molar-refractivity contribution in [3.63, 3.8) is 0 Å². The summed E-state index contributed by atoms with van der Waals surface area (Å²) in [4.78, 5) is 0. The van der Waals surface area contributed by atoms with Crippen LogP contribution < -0.4 is 11.3 Å². The van der Waals surface area contributed by atoms with Gasteiger partial charge in [-0.15, -0.1) is 0 Å². The topological polar surface area (TPSA) is 38.0 Å². The number of hydrazine groups is 1. The summed E-state index contributed by atoms with van der Waals surface area (Å²) in [6.45, 7) is 3.79. The predicted molar refractivity (Wildman–Crippen MR) is 71.5 cm³/mol. The lowest BCUT2D eigenvalue weighted by Crippen LogP contribution is -2.28. The molecule has 2 aromatic carbocycles. The molecular formula is C15H17FN2. The number of nitrogens with two attached hydrogens (primary N) is 1. The standard InChI is InChI=1S/C15H17FN2/c1-10-3-5-12(6-4-10)15(18-17)13-7-8-14(16)11(2)9-13/h3-9,15,18H,17H2,1-2H3. The van der Waals surface area contributed by atoms with Gasteiger partial charge in [-0.05, 0) is 36.6 Å². The quantitative estimate of drug-likeness (QED) is 0.643. The van der Waals surface area contributed by atoms with Crippen LogP contribution in [-0.2, 0) is 0 Å². The Labute approximate surface area is 107 Å². The van der Waals surface area contributed by atoms with Gasteiger partial charge in [0.1, 0.15) is 5.82 Å². The van der Waals surface area contributed by atoms with Crippen LogP contribution in [0.2, 0.25) is 0 Å². The van der Waals surface area contributed by atoms with Crippen molar-refractivity contribution in [2.45, 2.75) is 19.9 Å². The van der Waals surface area contributed by atoms with Gasteiger partial charge < -0.3 is 0 Å². The summed E-state index contributed by atoms with van der Waals surface area (Å²) in [7, 11) is 0. The van der Waals surface area contributed by atoms with Crippen LogP contribution >= 0.6 is 0 Å². The fourth-order valence-corrected chi connectivity index (χ4v) is 1.99. The van der Waals surface area contributed by atoms with E-state index in [1.54, 1.807) is 13.0 Å². The molecule has 0 bridgehead atoms. The zero-order chi connectivity index (χ0) is 13.1. The smallest absolute Gasteiger partial charge is 0.126 e. The van der Waals surface area contributed by atoms with E-state index in [1.807, 2.05) is 37.3 Å². The monoisotopic (exact) mass is 244 g/mol. The van der Waals surface area contributed by atoms with Crippen molar-refractivity contribution in [1.29, 1.82) is 0 Å². The second-order valence-electron chi connectivity index (χ2n) is 4.52. The van der Waals surface area contributed by atoms with Gasteiger partial charge >= 0.3 is 0 Å². The number of hydrogen-bond donors (Lipinski definition) is 2. The van der Waals surface area contributed by atoms with Crippen LogP contribution in [0.5, 0.6) is 0 Å². The fourth-order valence-electron chi connectivity index (χ4n) is 1.99. The highest BCUT2D eigenvalue weighted by atomic mass is 19.1. The van der Waals surface area contributed by atoms with E-state index in [4.69, 9.17) is 5.84 Å². The summed E-state index contributed by atoms with van der Waals surface area (Å²) in [6, 6.07) is 13.1. The Morgan fingerprint density at radius 1 is 1.00 bits per heavy atom. The van der Waals surface area contributed by atoms with Crippen LogP contribution in [0, 0.1) is 19.7 Å². The first-order chi connectivity index (χ1) is 8.61. The van der Waals surface area contributed by atoms with E-state index < -0.39 is 0 Å². The molecule has 0 aliphatic rings. The lowest BCUT2D eigenvalue weighted by atomic mass is 9.97. The van der Waals surface area contributed by atoms with Gasteiger partial charge in [0.2, 0.25) is 0 Å². The van der Waals surface area contributed by atoms with Gasteiger partial charge in [0.15, 0.2) is 0 Å². The van der Waals surface area contributed by atoms with Crippen molar-refractivity contribution in [3.05, 3.63) is 70.5 Å². The Kier molecular flexibility index (Phi) is 3.75. The van der Waals surface area contributed by atoms with Gasteiger partial charge in [0, 0.05) is 0 Å². The SMILES string of the molecule is Cc1ccc(C(NN)c2ccc(F)c(C)c2)cc1. The van der Waals surface area contributed by atoms with Crippen LogP contribution in [0.1, 0.15) is 28.3 Å². The van der Waals surface area contributed by atoms with Gasteiger partial charge in [-0.25, -0.2) is 9.82 Å². The molecule has 0 aliphatic carbocycles. The van der Waals surface area contributed by atoms with E-state index in [2.05, 4.69) is 5.43 Å². The van der Waals surface area contributed by atoms with Crippen LogP contribution in [0.25, 0.3) is 0 Å². The summed E-state index contributed by atoms with van der Waals surface area (Å²) in [5.41, 5.74) is 6.62. The summed E-state index contributed by atoms with van der Waals surface area (Å²) >= 11 is 0. The first kappa shape index (κ1) is 12.7. The minimum Gasteiger partial charge on any atom is -0.271 e. The molecule has 0 aliphatic heterocycles. The molecule has 0 aromatic heterocycles. The molecule has 3 N–H and O–H groups in total. The van der Waals surface area contributed by atoms with Crippen molar-refractivity contribution >= 4 is 0 Å². The Hall–Kier alpha value is -1.71. The van der Waals surface area contributed by atoms with Gasteiger partial charge in [-0.1, -0.05) is 42.0 Å². The third kappa shape index (κ3) is 2.58. The number of halogens is 1. The highest BCUT2D eigenvalue weighted by molar-refractivity contribution is 5.35. The highest BCUT2D eigenvalue weighted by Gasteiger charge is 2.13. The first-order valence-corrected chi connectivity index (χ1v) is 5.90. The maximum Gasteiger partial charge on any atom is 0.126 e. The maximum absolute atomic E-state index is 13.3.